The summed E-state index contributed by atoms with van der Waals surface area (Å²) in [7, 11) is 0. The summed E-state index contributed by atoms with van der Waals surface area (Å²) >= 11 is 0. The quantitative estimate of drug-likeness (QED) is 0.609. The van der Waals surface area contributed by atoms with Crippen molar-refractivity contribution in [2.75, 3.05) is 11.9 Å². The van der Waals surface area contributed by atoms with Crippen molar-refractivity contribution in [1.82, 2.24) is 4.98 Å². The molecular formula is C20H15F4N3O2. The van der Waals surface area contributed by atoms with Crippen LogP contribution in [0.25, 0.3) is 10.9 Å². The summed E-state index contributed by atoms with van der Waals surface area (Å²) in [5.74, 6) is -1.08. The first kappa shape index (κ1) is 20.2. The Hall–Kier alpha value is -3.54. The summed E-state index contributed by atoms with van der Waals surface area (Å²) < 4.78 is 55.0. The lowest BCUT2D eigenvalue weighted by Crippen LogP contribution is -2.19. The van der Waals surface area contributed by atoms with Gasteiger partial charge in [0.2, 0.25) is 5.91 Å². The van der Waals surface area contributed by atoms with Gasteiger partial charge in [-0.1, -0.05) is 0 Å². The van der Waals surface area contributed by atoms with E-state index in [1.807, 2.05) is 0 Å². The van der Waals surface area contributed by atoms with Gasteiger partial charge in [0.25, 0.3) is 0 Å². The molecule has 0 saturated heterocycles. The monoisotopic (exact) mass is 405 g/mol. The Morgan fingerprint density at radius 3 is 2.69 bits per heavy atom. The van der Waals surface area contributed by atoms with E-state index in [9.17, 15) is 22.4 Å². The van der Waals surface area contributed by atoms with Gasteiger partial charge in [0.05, 0.1) is 12.0 Å². The number of hydrogen-bond acceptors (Lipinski definition) is 3. The highest BCUT2D eigenvalue weighted by Crippen LogP contribution is 2.26. The molecule has 2 aromatic carbocycles. The third-order valence-electron chi connectivity index (χ3n) is 4.19. The van der Waals surface area contributed by atoms with Crippen LogP contribution in [0.3, 0.4) is 0 Å². The minimum Gasteiger partial charge on any atom is -0.483 e. The van der Waals surface area contributed by atoms with E-state index in [4.69, 9.17) is 5.26 Å². The fourth-order valence-corrected chi connectivity index (χ4v) is 2.93. The molecule has 3 rings (SSSR count). The molecule has 0 aliphatic carbocycles. The molecule has 1 heterocycles. The van der Waals surface area contributed by atoms with Crippen molar-refractivity contribution in [3.63, 3.8) is 0 Å². The van der Waals surface area contributed by atoms with E-state index in [1.165, 1.54) is 30.3 Å². The Kier molecular flexibility index (Phi) is 5.46. The molecule has 0 spiro atoms. The number of halogens is 4. The van der Waals surface area contributed by atoms with Crippen LogP contribution >= 0.6 is 0 Å². The first-order valence-electron chi connectivity index (χ1n) is 8.46. The molecule has 0 saturated carbocycles. The van der Waals surface area contributed by atoms with E-state index >= 15 is 0 Å². The maximum Gasteiger partial charge on any atom is 0.422 e. The molecule has 0 aliphatic rings. The average Bonchev–Trinajstić information content (AvgIpc) is 2.94. The standard InChI is InChI=1S/C20H15F4N3O2/c1-11-15(16-7-13(21)2-4-17(16)26-11)8-19(28)27-14-3-5-18(12(6-14)9-25)29-10-20(22,23)24/h2-7,26H,8,10H2,1H3,(H,27,28). The minimum absolute atomic E-state index is 0.0521. The molecule has 2 N–H and O–H groups in total. The van der Waals surface area contributed by atoms with Crippen LogP contribution in [-0.4, -0.2) is 23.7 Å². The van der Waals surface area contributed by atoms with Crippen LogP contribution in [0.15, 0.2) is 36.4 Å². The molecule has 0 atom stereocenters. The molecule has 3 aromatic rings. The number of fused-ring (bicyclic) bond motifs is 1. The number of hydrogen-bond donors (Lipinski definition) is 2. The summed E-state index contributed by atoms with van der Waals surface area (Å²) in [6.07, 6.45) is -4.58. The number of H-pyrrole nitrogens is 1. The van der Waals surface area contributed by atoms with Gasteiger partial charge in [-0.05, 0) is 48.9 Å². The van der Waals surface area contributed by atoms with Gasteiger partial charge in [-0.3, -0.25) is 4.79 Å². The number of amides is 1. The largest absolute Gasteiger partial charge is 0.483 e. The number of aromatic nitrogens is 1. The van der Waals surface area contributed by atoms with Crippen LogP contribution in [0, 0.1) is 24.1 Å². The topological polar surface area (TPSA) is 77.9 Å². The molecule has 0 bridgehead atoms. The number of aryl methyl sites for hydroxylation is 1. The van der Waals surface area contributed by atoms with Crippen molar-refractivity contribution in [3.8, 4) is 11.8 Å². The highest BCUT2D eigenvalue weighted by molar-refractivity contribution is 5.96. The summed E-state index contributed by atoms with van der Waals surface area (Å²) in [5, 5.41) is 12.3. The van der Waals surface area contributed by atoms with Crippen LogP contribution in [0.1, 0.15) is 16.8 Å². The Balaban J connectivity index is 1.75. The average molecular weight is 405 g/mol. The first-order valence-corrected chi connectivity index (χ1v) is 8.46. The zero-order valence-corrected chi connectivity index (χ0v) is 15.2. The summed E-state index contributed by atoms with van der Waals surface area (Å²) in [4.78, 5) is 15.5. The Labute approximate surface area is 162 Å². The van der Waals surface area contributed by atoms with E-state index in [-0.39, 0.29) is 23.4 Å². The number of aromatic amines is 1. The normalized spacial score (nSPS) is 11.3. The van der Waals surface area contributed by atoms with Crippen LogP contribution in [0.2, 0.25) is 0 Å². The SMILES string of the molecule is Cc1[nH]c2ccc(F)cc2c1CC(=O)Nc1ccc(OCC(F)(F)F)c(C#N)c1. The fraction of sp³-hybridized carbons (Fsp3) is 0.200. The predicted octanol–water partition coefficient (Wildman–Crippen LogP) is 4.61. The van der Waals surface area contributed by atoms with Crippen LogP contribution in [0.4, 0.5) is 23.2 Å². The van der Waals surface area contributed by atoms with Crippen molar-refractivity contribution in [2.24, 2.45) is 0 Å². The number of nitrogens with zero attached hydrogens (tertiary/aromatic N) is 1. The van der Waals surface area contributed by atoms with Crippen molar-refractivity contribution in [1.29, 1.82) is 5.26 Å². The number of carbonyl (C=O) groups is 1. The minimum atomic E-state index is -4.53. The van der Waals surface area contributed by atoms with Crippen molar-refractivity contribution >= 4 is 22.5 Å². The number of anilines is 1. The number of nitriles is 1. The third kappa shape index (κ3) is 4.85. The van der Waals surface area contributed by atoms with Crippen molar-refractivity contribution in [3.05, 3.63) is 59.0 Å². The number of ether oxygens (including phenoxy) is 1. The molecule has 150 valence electrons. The van der Waals surface area contributed by atoms with Gasteiger partial charge in [0, 0.05) is 22.3 Å². The number of alkyl halides is 3. The van der Waals surface area contributed by atoms with Gasteiger partial charge in [0.1, 0.15) is 17.6 Å². The second-order valence-corrected chi connectivity index (χ2v) is 6.37. The highest BCUT2D eigenvalue weighted by Gasteiger charge is 2.29. The third-order valence-corrected chi connectivity index (χ3v) is 4.19. The maximum atomic E-state index is 13.5. The van der Waals surface area contributed by atoms with Crippen LogP contribution in [0.5, 0.6) is 5.75 Å². The van der Waals surface area contributed by atoms with E-state index in [0.29, 0.717) is 16.5 Å². The number of benzene rings is 2. The highest BCUT2D eigenvalue weighted by atomic mass is 19.4. The zero-order chi connectivity index (χ0) is 21.2. The van der Waals surface area contributed by atoms with E-state index in [0.717, 1.165) is 5.69 Å². The van der Waals surface area contributed by atoms with Gasteiger partial charge in [0.15, 0.2) is 6.61 Å². The van der Waals surface area contributed by atoms with Gasteiger partial charge < -0.3 is 15.0 Å². The lowest BCUT2D eigenvalue weighted by molar-refractivity contribution is -0.153. The molecule has 0 fully saturated rings. The van der Waals surface area contributed by atoms with E-state index < -0.39 is 24.5 Å². The molecule has 9 heteroatoms. The molecule has 0 unspecified atom stereocenters. The molecule has 5 nitrogen and oxygen atoms in total. The van der Waals surface area contributed by atoms with Crippen molar-refractivity contribution < 1.29 is 27.1 Å². The van der Waals surface area contributed by atoms with Crippen LogP contribution < -0.4 is 10.1 Å². The summed E-state index contributed by atoms with van der Waals surface area (Å²) in [6.45, 7) is 0.241. The van der Waals surface area contributed by atoms with Gasteiger partial charge in [-0.2, -0.15) is 18.4 Å². The lowest BCUT2D eigenvalue weighted by Gasteiger charge is -2.12. The van der Waals surface area contributed by atoms with E-state index in [1.54, 1.807) is 19.1 Å². The number of carbonyl (C=O) groups excluding carboxylic acids is 1. The van der Waals surface area contributed by atoms with Gasteiger partial charge in [-0.15, -0.1) is 0 Å². The molecule has 1 amide bonds. The van der Waals surface area contributed by atoms with Crippen LogP contribution in [-0.2, 0) is 11.2 Å². The fourth-order valence-electron chi connectivity index (χ4n) is 2.93. The molecule has 0 radical (unpaired) electrons. The molecule has 29 heavy (non-hydrogen) atoms. The molecule has 1 aromatic heterocycles. The van der Waals surface area contributed by atoms with Gasteiger partial charge in [-0.25, -0.2) is 4.39 Å². The number of nitrogens with one attached hydrogen (secondary N) is 2. The summed E-state index contributed by atoms with van der Waals surface area (Å²) in [5.41, 5.74) is 2.13. The second kappa shape index (κ2) is 7.83. The lowest BCUT2D eigenvalue weighted by atomic mass is 10.1. The maximum absolute atomic E-state index is 13.5. The van der Waals surface area contributed by atoms with E-state index in [2.05, 4.69) is 15.0 Å². The zero-order valence-electron chi connectivity index (χ0n) is 15.2. The smallest absolute Gasteiger partial charge is 0.422 e. The Bertz CT molecular complexity index is 1110. The second-order valence-electron chi connectivity index (χ2n) is 6.37. The summed E-state index contributed by atoms with van der Waals surface area (Å²) in [6, 6.07) is 9.72. The first-order chi connectivity index (χ1) is 13.7. The van der Waals surface area contributed by atoms with Gasteiger partial charge >= 0.3 is 6.18 Å². The predicted molar refractivity (Wildman–Crippen MR) is 98.0 cm³/mol. The molecule has 0 aliphatic heterocycles. The Morgan fingerprint density at radius 1 is 1.24 bits per heavy atom. The molecular weight excluding hydrogens is 390 g/mol. The van der Waals surface area contributed by atoms with Crippen molar-refractivity contribution in [2.45, 2.75) is 19.5 Å². The number of rotatable bonds is 5. The Morgan fingerprint density at radius 2 is 2.00 bits per heavy atom.